The van der Waals surface area contributed by atoms with Gasteiger partial charge in [-0.1, -0.05) is 6.92 Å². The van der Waals surface area contributed by atoms with Crippen LogP contribution in [0.25, 0.3) is 0 Å². The summed E-state index contributed by atoms with van der Waals surface area (Å²) in [4.78, 5) is 11.8. The fourth-order valence-electron chi connectivity index (χ4n) is 2.66. The molecule has 1 saturated carbocycles. The van der Waals surface area contributed by atoms with Crippen LogP contribution in [0.2, 0.25) is 0 Å². The Balaban J connectivity index is 2.46. The molecule has 5 heteroatoms. The summed E-state index contributed by atoms with van der Waals surface area (Å²) in [7, 11) is 1.73. The van der Waals surface area contributed by atoms with Gasteiger partial charge in [-0.05, 0) is 50.8 Å². The van der Waals surface area contributed by atoms with Gasteiger partial charge in [-0.3, -0.25) is 4.79 Å². The number of nitrogens with one attached hydrogen (secondary N) is 1. The van der Waals surface area contributed by atoms with Crippen LogP contribution >= 0.6 is 11.8 Å². The molecule has 0 aromatic rings. The first-order valence-electron chi connectivity index (χ1n) is 7.30. The van der Waals surface area contributed by atoms with Gasteiger partial charge in [0.25, 0.3) is 0 Å². The lowest BCUT2D eigenvalue weighted by atomic mass is 9.80. The smallest absolute Gasteiger partial charge is 0.237 e. The molecule has 2 atom stereocenters. The zero-order valence-corrected chi connectivity index (χ0v) is 13.1. The summed E-state index contributed by atoms with van der Waals surface area (Å²) in [6.45, 7) is 3.79. The van der Waals surface area contributed by atoms with Gasteiger partial charge in [0.2, 0.25) is 5.91 Å². The van der Waals surface area contributed by atoms with Crippen LogP contribution in [-0.2, 0) is 9.53 Å². The molecule has 112 valence electrons. The van der Waals surface area contributed by atoms with Gasteiger partial charge >= 0.3 is 0 Å². The number of thioether (sulfide) groups is 1. The van der Waals surface area contributed by atoms with Crippen molar-refractivity contribution in [3.05, 3.63) is 0 Å². The summed E-state index contributed by atoms with van der Waals surface area (Å²) in [5, 5.41) is 3.95. The van der Waals surface area contributed by atoms with E-state index in [9.17, 15) is 4.79 Å². The van der Waals surface area contributed by atoms with E-state index in [-0.39, 0.29) is 5.91 Å². The fraction of sp³-hybridized carbons (Fsp3) is 0.929. The van der Waals surface area contributed by atoms with E-state index in [0.717, 1.165) is 51.0 Å². The van der Waals surface area contributed by atoms with Crippen molar-refractivity contribution in [3.8, 4) is 0 Å². The van der Waals surface area contributed by atoms with E-state index in [2.05, 4.69) is 12.2 Å². The maximum Gasteiger partial charge on any atom is 0.237 e. The van der Waals surface area contributed by atoms with Crippen molar-refractivity contribution < 1.29 is 9.53 Å². The Morgan fingerprint density at radius 3 is 3.00 bits per heavy atom. The van der Waals surface area contributed by atoms with E-state index in [1.165, 1.54) is 6.42 Å². The Morgan fingerprint density at radius 2 is 2.37 bits per heavy atom. The first-order valence-corrected chi connectivity index (χ1v) is 8.35. The number of carbonyl (C=O) groups excluding carboxylic acids is 1. The molecule has 0 spiro atoms. The van der Waals surface area contributed by atoms with E-state index in [1.807, 2.05) is 11.8 Å². The maximum atomic E-state index is 11.8. The number of methoxy groups -OCH3 is 1. The predicted molar refractivity (Wildman–Crippen MR) is 81.4 cm³/mol. The highest BCUT2D eigenvalue weighted by atomic mass is 32.2. The minimum atomic E-state index is -0.465. The third kappa shape index (κ3) is 5.32. The third-order valence-electron chi connectivity index (χ3n) is 3.74. The lowest BCUT2D eigenvalue weighted by Gasteiger charge is -2.39. The second-order valence-corrected chi connectivity index (χ2v) is 6.72. The molecule has 0 bridgehead atoms. The molecule has 0 aromatic heterocycles. The molecule has 4 nitrogen and oxygen atoms in total. The second-order valence-electron chi connectivity index (χ2n) is 5.31. The van der Waals surface area contributed by atoms with Crippen LogP contribution in [0.5, 0.6) is 0 Å². The van der Waals surface area contributed by atoms with Gasteiger partial charge in [0.1, 0.15) is 0 Å². The normalized spacial score (nSPS) is 27.4. The minimum Gasteiger partial charge on any atom is -0.385 e. The molecular weight excluding hydrogens is 260 g/mol. The molecule has 0 radical (unpaired) electrons. The number of carbonyl (C=O) groups is 1. The number of ether oxygens (including phenoxy) is 1. The van der Waals surface area contributed by atoms with Gasteiger partial charge in [-0.15, -0.1) is 0 Å². The van der Waals surface area contributed by atoms with Crippen LogP contribution in [0.3, 0.4) is 0 Å². The van der Waals surface area contributed by atoms with Crippen molar-refractivity contribution in [1.29, 1.82) is 0 Å². The van der Waals surface area contributed by atoms with E-state index >= 15 is 0 Å². The molecule has 0 heterocycles. The van der Waals surface area contributed by atoms with Gasteiger partial charge < -0.3 is 15.8 Å². The molecule has 3 N–H and O–H groups in total. The van der Waals surface area contributed by atoms with Crippen molar-refractivity contribution in [2.24, 2.45) is 5.73 Å². The molecule has 1 amide bonds. The molecular formula is C14H28N2O2S. The van der Waals surface area contributed by atoms with E-state index in [4.69, 9.17) is 10.5 Å². The molecule has 0 aliphatic heterocycles. The monoisotopic (exact) mass is 288 g/mol. The summed E-state index contributed by atoms with van der Waals surface area (Å²) >= 11 is 1.96. The molecule has 1 fully saturated rings. The van der Waals surface area contributed by atoms with Crippen LogP contribution in [0.4, 0.5) is 0 Å². The van der Waals surface area contributed by atoms with Crippen LogP contribution in [-0.4, -0.2) is 42.7 Å². The number of nitrogens with two attached hydrogens (primary N) is 1. The van der Waals surface area contributed by atoms with Crippen molar-refractivity contribution in [2.45, 2.75) is 56.2 Å². The summed E-state index contributed by atoms with van der Waals surface area (Å²) < 4.78 is 5.06. The third-order valence-corrected chi connectivity index (χ3v) is 5.14. The zero-order valence-electron chi connectivity index (χ0n) is 12.2. The van der Waals surface area contributed by atoms with Crippen LogP contribution < -0.4 is 11.1 Å². The summed E-state index contributed by atoms with van der Waals surface area (Å²) in [6, 6.07) is 0. The van der Waals surface area contributed by atoms with Crippen molar-refractivity contribution in [3.63, 3.8) is 0 Å². The first kappa shape index (κ1) is 16.8. The molecule has 0 aromatic carbocycles. The minimum absolute atomic E-state index is 0.178. The van der Waals surface area contributed by atoms with Gasteiger partial charge in [0.05, 0.1) is 5.54 Å². The molecule has 19 heavy (non-hydrogen) atoms. The lowest BCUT2D eigenvalue weighted by molar-refractivity contribution is -0.125. The largest absolute Gasteiger partial charge is 0.385 e. The average molecular weight is 288 g/mol. The molecule has 1 aliphatic carbocycles. The number of primary amides is 1. The standard InChI is InChI=1S/C14H28N2O2S/c1-3-8-16-14(13(15)17)7-4-6-12(11-14)19-10-5-9-18-2/h12,16H,3-11H2,1-2H3,(H2,15,17). The van der Waals surface area contributed by atoms with E-state index in [0.29, 0.717) is 5.25 Å². The molecule has 1 rings (SSSR count). The lowest BCUT2D eigenvalue weighted by Crippen LogP contribution is -2.58. The number of hydrogen-bond acceptors (Lipinski definition) is 4. The SMILES string of the molecule is CCCNC1(C(N)=O)CCCC(SCCCOC)C1. The number of amides is 1. The number of hydrogen-bond donors (Lipinski definition) is 2. The topological polar surface area (TPSA) is 64.3 Å². The number of rotatable bonds is 9. The zero-order chi connectivity index (χ0) is 14.1. The van der Waals surface area contributed by atoms with Gasteiger partial charge in [0, 0.05) is 19.0 Å². The van der Waals surface area contributed by atoms with Crippen LogP contribution in [0.1, 0.15) is 45.4 Å². The Hall–Kier alpha value is -0.260. The predicted octanol–water partition coefficient (Wildman–Crippen LogP) is 1.92. The molecule has 0 saturated heterocycles. The Bertz CT molecular complexity index is 276. The Morgan fingerprint density at radius 1 is 1.58 bits per heavy atom. The van der Waals surface area contributed by atoms with Crippen molar-refractivity contribution in [2.75, 3.05) is 26.0 Å². The quantitative estimate of drug-likeness (QED) is 0.636. The second kappa shape index (κ2) is 8.82. The summed E-state index contributed by atoms with van der Waals surface area (Å²) in [6.07, 6.45) is 6.14. The van der Waals surface area contributed by atoms with Gasteiger partial charge in [0.15, 0.2) is 0 Å². The van der Waals surface area contributed by atoms with E-state index < -0.39 is 5.54 Å². The highest BCUT2D eigenvalue weighted by molar-refractivity contribution is 7.99. The maximum absolute atomic E-state index is 11.8. The Kier molecular flexibility index (Phi) is 7.80. The molecule has 1 aliphatic rings. The van der Waals surface area contributed by atoms with Gasteiger partial charge in [-0.2, -0.15) is 11.8 Å². The molecule has 2 unspecified atom stereocenters. The van der Waals surface area contributed by atoms with E-state index in [1.54, 1.807) is 7.11 Å². The first-order chi connectivity index (χ1) is 9.14. The van der Waals surface area contributed by atoms with Gasteiger partial charge in [-0.25, -0.2) is 0 Å². The highest BCUT2D eigenvalue weighted by Crippen LogP contribution is 2.35. The van der Waals surface area contributed by atoms with Crippen molar-refractivity contribution in [1.82, 2.24) is 5.32 Å². The fourth-order valence-corrected chi connectivity index (χ4v) is 4.01. The highest BCUT2D eigenvalue weighted by Gasteiger charge is 2.40. The van der Waals surface area contributed by atoms with Crippen molar-refractivity contribution >= 4 is 17.7 Å². The van der Waals surface area contributed by atoms with Crippen LogP contribution in [0.15, 0.2) is 0 Å². The van der Waals surface area contributed by atoms with Crippen LogP contribution in [0, 0.1) is 0 Å². The Labute approximate surface area is 121 Å². The summed E-state index contributed by atoms with van der Waals surface area (Å²) in [5.41, 5.74) is 5.19. The average Bonchev–Trinajstić information content (AvgIpc) is 2.41. The summed E-state index contributed by atoms with van der Waals surface area (Å²) in [5.74, 6) is 0.921.